The van der Waals surface area contributed by atoms with Gasteiger partial charge in [0.05, 0.1) is 4.92 Å². The van der Waals surface area contributed by atoms with Crippen LogP contribution in [0.15, 0.2) is 32.9 Å². The molecule has 2 rings (SSSR count). The molecule has 0 unspecified atom stereocenters. The SMILES string of the molecule is CSc1nnc(S[C@H](C)c2cccc([N+](=O)[O-])c2)s1. The molecule has 8 heteroatoms. The van der Waals surface area contributed by atoms with Crippen LogP contribution < -0.4 is 0 Å². The molecule has 0 saturated carbocycles. The van der Waals surface area contributed by atoms with Gasteiger partial charge in [-0.3, -0.25) is 10.1 Å². The first kappa shape index (κ1) is 14.3. The van der Waals surface area contributed by atoms with Crippen LogP contribution >= 0.6 is 34.9 Å². The van der Waals surface area contributed by atoms with E-state index in [1.54, 1.807) is 35.7 Å². The smallest absolute Gasteiger partial charge is 0.258 e. The zero-order valence-electron chi connectivity index (χ0n) is 10.3. The van der Waals surface area contributed by atoms with Crippen LogP contribution in [-0.2, 0) is 0 Å². The van der Waals surface area contributed by atoms with Gasteiger partial charge in [-0.1, -0.05) is 47.0 Å². The number of non-ortho nitro benzene ring substituents is 1. The van der Waals surface area contributed by atoms with Crippen LogP contribution in [0.5, 0.6) is 0 Å². The highest BCUT2D eigenvalue weighted by Gasteiger charge is 2.14. The summed E-state index contributed by atoms with van der Waals surface area (Å²) in [6.45, 7) is 2.00. The summed E-state index contributed by atoms with van der Waals surface area (Å²) in [6.07, 6.45) is 1.96. The zero-order chi connectivity index (χ0) is 13.8. The summed E-state index contributed by atoms with van der Waals surface area (Å²) in [7, 11) is 0. The molecular formula is C11H11N3O2S3. The van der Waals surface area contributed by atoms with Gasteiger partial charge in [0.1, 0.15) is 0 Å². The molecule has 100 valence electrons. The molecule has 0 amide bonds. The van der Waals surface area contributed by atoms with Crippen LogP contribution in [0, 0.1) is 10.1 Å². The van der Waals surface area contributed by atoms with Crippen molar-refractivity contribution in [2.75, 3.05) is 6.26 Å². The van der Waals surface area contributed by atoms with E-state index in [1.807, 2.05) is 19.2 Å². The molecule has 1 aromatic carbocycles. The summed E-state index contributed by atoms with van der Waals surface area (Å²) >= 11 is 4.66. The second-order valence-corrected chi connectivity index (χ2v) is 7.27. The highest BCUT2D eigenvalue weighted by molar-refractivity contribution is 8.03. The van der Waals surface area contributed by atoms with Crippen LogP contribution in [-0.4, -0.2) is 21.4 Å². The molecule has 0 N–H and O–H groups in total. The fourth-order valence-electron chi connectivity index (χ4n) is 1.44. The van der Waals surface area contributed by atoms with Gasteiger partial charge in [-0.15, -0.1) is 10.2 Å². The summed E-state index contributed by atoms with van der Waals surface area (Å²) in [5.74, 6) is 0. The lowest BCUT2D eigenvalue weighted by Gasteiger charge is -2.08. The summed E-state index contributed by atoms with van der Waals surface area (Å²) in [6, 6.07) is 6.70. The maximum atomic E-state index is 10.8. The van der Waals surface area contributed by atoms with E-state index in [0.29, 0.717) is 0 Å². The van der Waals surface area contributed by atoms with E-state index >= 15 is 0 Å². The topological polar surface area (TPSA) is 68.9 Å². The van der Waals surface area contributed by atoms with Gasteiger partial charge in [0.15, 0.2) is 8.68 Å². The molecule has 0 bridgehead atoms. The number of thioether (sulfide) groups is 2. The number of aromatic nitrogens is 2. The highest BCUT2D eigenvalue weighted by atomic mass is 32.2. The predicted molar refractivity (Wildman–Crippen MR) is 79.1 cm³/mol. The molecule has 2 aromatic rings. The van der Waals surface area contributed by atoms with Crippen molar-refractivity contribution in [2.24, 2.45) is 0 Å². The van der Waals surface area contributed by atoms with Gasteiger partial charge in [-0.25, -0.2) is 0 Å². The maximum absolute atomic E-state index is 10.8. The maximum Gasteiger partial charge on any atom is 0.269 e. The Morgan fingerprint density at radius 3 is 2.74 bits per heavy atom. The van der Waals surface area contributed by atoms with Gasteiger partial charge >= 0.3 is 0 Å². The fraction of sp³-hybridized carbons (Fsp3) is 0.273. The van der Waals surface area contributed by atoms with Crippen LogP contribution in [0.3, 0.4) is 0 Å². The molecule has 0 aliphatic heterocycles. The third-order valence-corrected chi connectivity index (χ3v) is 5.53. The third kappa shape index (κ3) is 3.68. The Balaban J connectivity index is 2.12. The lowest BCUT2D eigenvalue weighted by molar-refractivity contribution is -0.384. The van der Waals surface area contributed by atoms with E-state index in [0.717, 1.165) is 14.2 Å². The van der Waals surface area contributed by atoms with Crippen LogP contribution in [0.1, 0.15) is 17.7 Å². The molecule has 1 aromatic heterocycles. The number of nitrogens with zero attached hydrogens (tertiary/aromatic N) is 3. The van der Waals surface area contributed by atoms with Crippen molar-refractivity contribution in [1.29, 1.82) is 0 Å². The summed E-state index contributed by atoms with van der Waals surface area (Å²) < 4.78 is 1.80. The fourth-order valence-corrected chi connectivity index (χ4v) is 4.14. The second kappa shape index (κ2) is 6.36. The lowest BCUT2D eigenvalue weighted by atomic mass is 10.1. The number of nitro benzene ring substituents is 1. The van der Waals surface area contributed by atoms with E-state index in [-0.39, 0.29) is 15.9 Å². The molecule has 0 aliphatic carbocycles. The van der Waals surface area contributed by atoms with Crippen molar-refractivity contribution in [3.8, 4) is 0 Å². The van der Waals surface area contributed by atoms with E-state index in [4.69, 9.17) is 0 Å². The van der Waals surface area contributed by atoms with Gasteiger partial charge in [0.2, 0.25) is 0 Å². The van der Waals surface area contributed by atoms with Gasteiger partial charge in [0.25, 0.3) is 5.69 Å². The summed E-state index contributed by atoms with van der Waals surface area (Å²) in [5, 5.41) is 19.0. The van der Waals surface area contributed by atoms with Crippen molar-refractivity contribution in [3.63, 3.8) is 0 Å². The van der Waals surface area contributed by atoms with E-state index < -0.39 is 0 Å². The molecular weight excluding hydrogens is 302 g/mol. The predicted octanol–water partition coefficient (Wildman–Crippen LogP) is 4.02. The van der Waals surface area contributed by atoms with Crippen molar-refractivity contribution < 1.29 is 4.92 Å². The zero-order valence-corrected chi connectivity index (χ0v) is 12.7. The number of hydrogen-bond acceptors (Lipinski definition) is 7. The molecule has 0 aliphatic rings. The van der Waals surface area contributed by atoms with Gasteiger partial charge in [-0.2, -0.15) is 0 Å². The first-order chi connectivity index (χ1) is 9.10. The van der Waals surface area contributed by atoms with E-state index in [2.05, 4.69) is 10.2 Å². The van der Waals surface area contributed by atoms with Crippen LogP contribution in [0.4, 0.5) is 5.69 Å². The average molecular weight is 313 g/mol. The Labute approximate surface area is 123 Å². The number of nitro groups is 1. The standard InChI is InChI=1S/C11H11N3O2S3/c1-7(18-11-13-12-10(17-2)19-11)8-4-3-5-9(6-8)14(15)16/h3-7H,1-2H3/t7-/m1/s1. The highest BCUT2D eigenvalue weighted by Crippen LogP contribution is 2.38. The number of benzene rings is 1. The Morgan fingerprint density at radius 2 is 2.11 bits per heavy atom. The van der Waals surface area contributed by atoms with Crippen LogP contribution in [0.25, 0.3) is 0 Å². The minimum Gasteiger partial charge on any atom is -0.258 e. The number of hydrogen-bond donors (Lipinski definition) is 0. The van der Waals surface area contributed by atoms with Gasteiger partial charge in [0, 0.05) is 17.4 Å². The molecule has 1 atom stereocenters. The Morgan fingerprint density at radius 1 is 1.37 bits per heavy atom. The van der Waals surface area contributed by atoms with Crippen LogP contribution in [0.2, 0.25) is 0 Å². The Hall–Kier alpha value is -1.12. The molecule has 19 heavy (non-hydrogen) atoms. The molecule has 5 nitrogen and oxygen atoms in total. The molecule has 0 spiro atoms. The van der Waals surface area contributed by atoms with Crippen molar-refractivity contribution in [3.05, 3.63) is 39.9 Å². The average Bonchev–Trinajstić information content (AvgIpc) is 2.86. The summed E-state index contributed by atoms with van der Waals surface area (Å²) in [4.78, 5) is 10.4. The number of rotatable bonds is 5. The Bertz CT molecular complexity index is 588. The first-order valence-electron chi connectivity index (χ1n) is 5.38. The third-order valence-electron chi connectivity index (χ3n) is 2.39. The van der Waals surface area contributed by atoms with Crippen molar-refractivity contribution in [1.82, 2.24) is 10.2 Å². The van der Waals surface area contributed by atoms with Crippen molar-refractivity contribution in [2.45, 2.75) is 20.9 Å². The van der Waals surface area contributed by atoms with Gasteiger partial charge < -0.3 is 0 Å². The molecule has 1 heterocycles. The largest absolute Gasteiger partial charge is 0.269 e. The minimum absolute atomic E-state index is 0.0996. The lowest BCUT2D eigenvalue weighted by Crippen LogP contribution is -1.92. The molecule has 0 radical (unpaired) electrons. The van der Waals surface area contributed by atoms with E-state index in [1.165, 1.54) is 17.4 Å². The first-order valence-corrected chi connectivity index (χ1v) is 8.30. The van der Waals surface area contributed by atoms with Gasteiger partial charge in [-0.05, 0) is 18.7 Å². The molecule has 0 saturated heterocycles. The molecule has 0 fully saturated rings. The minimum atomic E-state index is -0.377. The summed E-state index contributed by atoms with van der Waals surface area (Å²) in [5.41, 5.74) is 1.03. The quantitative estimate of drug-likeness (QED) is 0.472. The monoisotopic (exact) mass is 313 g/mol. The van der Waals surface area contributed by atoms with E-state index in [9.17, 15) is 10.1 Å². The van der Waals surface area contributed by atoms with Crippen molar-refractivity contribution >= 4 is 40.5 Å². The normalized spacial score (nSPS) is 12.3. The Kier molecular flexibility index (Phi) is 4.78. The second-order valence-electron chi connectivity index (χ2n) is 3.65.